The summed E-state index contributed by atoms with van der Waals surface area (Å²) in [5.74, 6) is 0.995. The van der Waals surface area contributed by atoms with Crippen molar-refractivity contribution in [3.63, 3.8) is 0 Å². The zero-order chi connectivity index (χ0) is 20.7. The van der Waals surface area contributed by atoms with E-state index in [0.717, 1.165) is 25.0 Å². The van der Waals surface area contributed by atoms with Gasteiger partial charge in [-0.2, -0.15) is 4.31 Å². The van der Waals surface area contributed by atoms with Crippen molar-refractivity contribution in [3.8, 4) is 11.5 Å². The number of benzene rings is 2. The number of sulfonamides is 1. The van der Waals surface area contributed by atoms with Crippen molar-refractivity contribution < 1.29 is 22.7 Å². The molecule has 1 saturated heterocycles. The van der Waals surface area contributed by atoms with Crippen LogP contribution < -0.4 is 14.8 Å². The van der Waals surface area contributed by atoms with Crippen LogP contribution in [0.2, 0.25) is 0 Å². The van der Waals surface area contributed by atoms with E-state index in [2.05, 4.69) is 5.32 Å². The smallest absolute Gasteiger partial charge is 0.262 e. The summed E-state index contributed by atoms with van der Waals surface area (Å²) >= 11 is 0. The largest absolute Gasteiger partial charge is 0.494 e. The lowest BCUT2D eigenvalue weighted by atomic mass is 10.3. The van der Waals surface area contributed by atoms with Crippen molar-refractivity contribution >= 4 is 21.6 Å². The zero-order valence-electron chi connectivity index (χ0n) is 16.5. The van der Waals surface area contributed by atoms with Gasteiger partial charge in [0.15, 0.2) is 6.61 Å². The number of rotatable bonds is 9. The van der Waals surface area contributed by atoms with Crippen LogP contribution in [0.25, 0.3) is 0 Å². The standard InChI is InChI=1S/C21H26N2O5S/c1-2-15-27-18-7-9-19(10-8-18)28-16-21(24)22-17-5-11-20(12-6-17)29(25,26)23-13-3-4-14-23/h5-12H,2-4,13-16H2,1H3,(H,22,24). The molecule has 0 radical (unpaired) electrons. The molecule has 8 heteroatoms. The van der Waals surface area contributed by atoms with Crippen molar-refractivity contribution in [3.05, 3.63) is 48.5 Å². The van der Waals surface area contributed by atoms with E-state index < -0.39 is 10.0 Å². The van der Waals surface area contributed by atoms with Crippen LogP contribution in [0.5, 0.6) is 11.5 Å². The molecular formula is C21H26N2O5S. The maximum atomic E-state index is 12.5. The number of carbonyl (C=O) groups excluding carboxylic acids is 1. The van der Waals surface area contributed by atoms with Crippen molar-refractivity contribution in [1.29, 1.82) is 0 Å². The maximum Gasteiger partial charge on any atom is 0.262 e. The summed E-state index contributed by atoms with van der Waals surface area (Å²) in [6, 6.07) is 13.3. The first kappa shape index (κ1) is 21.1. The van der Waals surface area contributed by atoms with Crippen LogP contribution in [0.15, 0.2) is 53.4 Å². The van der Waals surface area contributed by atoms with Gasteiger partial charge >= 0.3 is 0 Å². The maximum absolute atomic E-state index is 12.5. The Morgan fingerprint density at radius 1 is 0.966 bits per heavy atom. The molecule has 2 aromatic rings. The van der Waals surface area contributed by atoms with E-state index in [1.165, 1.54) is 16.4 Å². The molecule has 0 unspecified atom stereocenters. The number of amides is 1. The monoisotopic (exact) mass is 418 g/mol. The lowest BCUT2D eigenvalue weighted by Gasteiger charge is -2.15. The Bertz CT molecular complexity index is 905. The van der Waals surface area contributed by atoms with Crippen LogP contribution in [-0.2, 0) is 14.8 Å². The summed E-state index contributed by atoms with van der Waals surface area (Å²) < 4.78 is 37.5. The van der Waals surface area contributed by atoms with E-state index in [-0.39, 0.29) is 17.4 Å². The molecule has 1 N–H and O–H groups in total. The number of nitrogens with zero attached hydrogens (tertiary/aromatic N) is 1. The Morgan fingerprint density at radius 3 is 2.14 bits per heavy atom. The Morgan fingerprint density at radius 2 is 1.55 bits per heavy atom. The fourth-order valence-electron chi connectivity index (χ4n) is 2.99. The number of nitrogens with one attached hydrogen (secondary N) is 1. The third kappa shape index (κ3) is 5.71. The molecule has 3 rings (SSSR count). The third-order valence-corrected chi connectivity index (χ3v) is 6.42. The van der Waals surface area contributed by atoms with Crippen molar-refractivity contribution in [2.75, 3.05) is 31.6 Å². The summed E-state index contributed by atoms with van der Waals surface area (Å²) in [6.45, 7) is 3.66. The molecule has 0 aliphatic carbocycles. The minimum Gasteiger partial charge on any atom is -0.494 e. The SMILES string of the molecule is CCCOc1ccc(OCC(=O)Nc2ccc(S(=O)(=O)N3CCCC3)cc2)cc1. The summed E-state index contributed by atoms with van der Waals surface area (Å²) in [5.41, 5.74) is 0.516. The van der Waals surface area contributed by atoms with Gasteiger partial charge in [-0.3, -0.25) is 4.79 Å². The molecule has 0 atom stereocenters. The minimum absolute atomic E-state index is 0.150. The second kappa shape index (κ2) is 9.76. The van der Waals surface area contributed by atoms with E-state index in [9.17, 15) is 13.2 Å². The Kier molecular flexibility index (Phi) is 7.11. The molecule has 7 nitrogen and oxygen atoms in total. The van der Waals surface area contributed by atoms with E-state index >= 15 is 0 Å². The van der Waals surface area contributed by atoms with E-state index in [1.807, 2.05) is 6.92 Å². The van der Waals surface area contributed by atoms with Crippen LogP contribution in [0.3, 0.4) is 0 Å². The van der Waals surface area contributed by atoms with Gasteiger partial charge in [-0.05, 0) is 67.8 Å². The Balaban J connectivity index is 1.50. The number of carbonyl (C=O) groups is 1. The number of ether oxygens (including phenoxy) is 2. The van der Waals surface area contributed by atoms with Crippen molar-refractivity contribution in [2.24, 2.45) is 0 Å². The summed E-state index contributed by atoms with van der Waals surface area (Å²) in [6.07, 6.45) is 2.72. The lowest BCUT2D eigenvalue weighted by Crippen LogP contribution is -2.27. The normalized spacial score (nSPS) is 14.5. The highest BCUT2D eigenvalue weighted by Crippen LogP contribution is 2.22. The molecule has 156 valence electrons. The zero-order valence-corrected chi connectivity index (χ0v) is 17.3. The highest BCUT2D eigenvalue weighted by Gasteiger charge is 2.26. The average molecular weight is 419 g/mol. The van der Waals surface area contributed by atoms with E-state index in [1.54, 1.807) is 36.4 Å². The molecule has 29 heavy (non-hydrogen) atoms. The lowest BCUT2D eigenvalue weighted by molar-refractivity contribution is -0.118. The molecule has 1 fully saturated rings. The Hall–Kier alpha value is -2.58. The van der Waals surface area contributed by atoms with Crippen LogP contribution in [0.4, 0.5) is 5.69 Å². The molecular weight excluding hydrogens is 392 g/mol. The fraction of sp³-hybridized carbons (Fsp3) is 0.381. The molecule has 2 aromatic carbocycles. The van der Waals surface area contributed by atoms with Gasteiger partial charge in [-0.15, -0.1) is 0 Å². The first-order valence-electron chi connectivity index (χ1n) is 9.75. The van der Waals surface area contributed by atoms with Crippen molar-refractivity contribution in [1.82, 2.24) is 4.31 Å². The Labute approximate surface area is 171 Å². The van der Waals surface area contributed by atoms with Gasteiger partial charge < -0.3 is 14.8 Å². The van der Waals surface area contributed by atoms with Crippen LogP contribution in [0.1, 0.15) is 26.2 Å². The topological polar surface area (TPSA) is 84.9 Å². The molecule has 1 heterocycles. The molecule has 0 spiro atoms. The fourth-order valence-corrected chi connectivity index (χ4v) is 4.50. The van der Waals surface area contributed by atoms with Gasteiger partial charge in [0.05, 0.1) is 11.5 Å². The van der Waals surface area contributed by atoms with E-state index in [4.69, 9.17) is 9.47 Å². The predicted octanol–water partition coefficient (Wildman–Crippen LogP) is 3.28. The molecule has 1 aliphatic heterocycles. The molecule has 0 aromatic heterocycles. The van der Waals surface area contributed by atoms with Gasteiger partial charge in [0.1, 0.15) is 11.5 Å². The number of anilines is 1. The third-order valence-electron chi connectivity index (χ3n) is 4.51. The van der Waals surface area contributed by atoms with Gasteiger partial charge in [0.2, 0.25) is 10.0 Å². The molecule has 0 saturated carbocycles. The van der Waals surface area contributed by atoms with Gasteiger partial charge in [0, 0.05) is 18.8 Å². The molecule has 1 aliphatic rings. The van der Waals surface area contributed by atoms with Gasteiger partial charge in [-0.1, -0.05) is 6.92 Å². The highest BCUT2D eigenvalue weighted by molar-refractivity contribution is 7.89. The summed E-state index contributed by atoms with van der Waals surface area (Å²) in [4.78, 5) is 12.3. The number of hydrogen-bond acceptors (Lipinski definition) is 5. The van der Waals surface area contributed by atoms with E-state index in [0.29, 0.717) is 31.1 Å². The molecule has 0 bridgehead atoms. The van der Waals surface area contributed by atoms with Crippen LogP contribution in [-0.4, -0.2) is 44.9 Å². The predicted molar refractivity (Wildman–Crippen MR) is 111 cm³/mol. The van der Waals surface area contributed by atoms with Crippen LogP contribution in [0, 0.1) is 0 Å². The second-order valence-corrected chi connectivity index (χ2v) is 8.73. The first-order chi connectivity index (χ1) is 14.0. The summed E-state index contributed by atoms with van der Waals surface area (Å²) in [7, 11) is -3.45. The summed E-state index contributed by atoms with van der Waals surface area (Å²) in [5, 5.41) is 2.70. The van der Waals surface area contributed by atoms with Crippen molar-refractivity contribution in [2.45, 2.75) is 31.1 Å². The highest BCUT2D eigenvalue weighted by atomic mass is 32.2. The number of hydrogen-bond donors (Lipinski definition) is 1. The first-order valence-corrected chi connectivity index (χ1v) is 11.2. The van der Waals surface area contributed by atoms with Crippen LogP contribution >= 0.6 is 0 Å². The quantitative estimate of drug-likeness (QED) is 0.676. The molecule has 1 amide bonds. The second-order valence-electron chi connectivity index (χ2n) is 6.79. The van der Waals surface area contributed by atoms with Gasteiger partial charge in [-0.25, -0.2) is 8.42 Å². The van der Waals surface area contributed by atoms with Gasteiger partial charge in [0.25, 0.3) is 5.91 Å². The average Bonchev–Trinajstić information content (AvgIpc) is 3.28. The minimum atomic E-state index is -3.45.